The highest BCUT2D eigenvalue weighted by atomic mass is 35.5. The predicted molar refractivity (Wildman–Crippen MR) is 91.1 cm³/mol. The Labute approximate surface area is 136 Å². The number of anilines is 1. The number of hydrogen-bond donors (Lipinski definition) is 2. The van der Waals surface area contributed by atoms with Crippen LogP contribution in [0, 0.1) is 6.92 Å². The van der Waals surface area contributed by atoms with Gasteiger partial charge < -0.3 is 10.6 Å². The number of quaternary nitrogens is 1. The average Bonchev–Trinajstić information content (AvgIpc) is 2.47. The number of nitrogens with two attached hydrogens (primary N) is 1. The maximum atomic E-state index is 12.3. The summed E-state index contributed by atoms with van der Waals surface area (Å²) in [7, 11) is 0. The van der Waals surface area contributed by atoms with Crippen LogP contribution >= 0.6 is 11.6 Å². The van der Waals surface area contributed by atoms with Gasteiger partial charge in [0, 0.05) is 16.3 Å². The van der Waals surface area contributed by atoms with Gasteiger partial charge in [0.05, 0.1) is 0 Å². The molecule has 0 aliphatic rings. The number of nitrogens with one attached hydrogen (secondary N) is 1. The lowest BCUT2D eigenvalue weighted by molar-refractivity contribution is -0.709. The third-order valence-corrected chi connectivity index (χ3v) is 4.02. The van der Waals surface area contributed by atoms with Crippen molar-refractivity contribution in [1.82, 2.24) is 0 Å². The zero-order valence-electron chi connectivity index (χ0n) is 13.1. The molecule has 2 aromatic rings. The first kappa shape index (κ1) is 16.5. The fourth-order valence-corrected chi connectivity index (χ4v) is 2.76. The molecular weight excluding hydrogens is 296 g/mol. The summed E-state index contributed by atoms with van der Waals surface area (Å²) < 4.78 is 0. The molecule has 0 aromatic heterocycles. The Balaban J connectivity index is 1.98. The summed E-state index contributed by atoms with van der Waals surface area (Å²) in [6, 6.07) is 15.5. The van der Waals surface area contributed by atoms with Gasteiger partial charge >= 0.3 is 0 Å². The van der Waals surface area contributed by atoms with Crippen LogP contribution in [0.4, 0.5) is 5.69 Å². The highest BCUT2D eigenvalue weighted by Gasteiger charge is 2.21. The summed E-state index contributed by atoms with van der Waals surface area (Å²) in [5, 5.41) is 5.70. The third kappa shape index (κ3) is 4.33. The summed E-state index contributed by atoms with van der Waals surface area (Å²) in [6.45, 7) is 5.96. The molecule has 0 heterocycles. The zero-order chi connectivity index (χ0) is 16.1. The van der Waals surface area contributed by atoms with Gasteiger partial charge in [0.2, 0.25) is 0 Å². The Bertz CT molecular complexity index is 657. The molecule has 0 aliphatic heterocycles. The Kier molecular flexibility index (Phi) is 5.58. The molecule has 4 heteroatoms. The lowest BCUT2D eigenvalue weighted by atomic mass is 10.1. The van der Waals surface area contributed by atoms with E-state index in [1.807, 2.05) is 67.7 Å². The van der Waals surface area contributed by atoms with Gasteiger partial charge in [-0.25, -0.2) is 0 Å². The molecule has 0 unspecified atom stereocenters. The van der Waals surface area contributed by atoms with E-state index in [9.17, 15) is 4.79 Å². The Morgan fingerprint density at radius 2 is 1.86 bits per heavy atom. The highest BCUT2D eigenvalue weighted by molar-refractivity contribution is 6.31. The summed E-state index contributed by atoms with van der Waals surface area (Å²) in [6.07, 6.45) is 0. The molecular formula is C18H22ClN2O+. The van der Waals surface area contributed by atoms with Crippen LogP contribution in [-0.4, -0.2) is 11.9 Å². The van der Waals surface area contributed by atoms with E-state index in [-0.39, 0.29) is 18.0 Å². The van der Waals surface area contributed by atoms with Gasteiger partial charge in [-0.2, -0.15) is 0 Å². The minimum absolute atomic E-state index is 0.00972. The van der Waals surface area contributed by atoms with Gasteiger partial charge in [-0.1, -0.05) is 41.9 Å². The van der Waals surface area contributed by atoms with Gasteiger partial charge in [0.25, 0.3) is 5.91 Å². The first-order valence-electron chi connectivity index (χ1n) is 7.44. The van der Waals surface area contributed by atoms with Crippen LogP contribution in [0.1, 0.15) is 31.0 Å². The SMILES string of the molecule is Cc1cccc(NC(=O)[C@H](C)[NH2+][C@@H](C)c2ccccc2Cl)c1. The molecule has 2 atom stereocenters. The van der Waals surface area contributed by atoms with Crippen LogP contribution in [0.2, 0.25) is 5.02 Å². The standard InChI is InChI=1S/C18H21ClN2O/c1-12-7-6-8-15(11-12)21-18(22)14(3)20-13(2)16-9-4-5-10-17(16)19/h4-11,13-14,20H,1-3H3,(H,21,22)/p+1/t13-,14-/m0/s1. The van der Waals surface area contributed by atoms with E-state index >= 15 is 0 Å². The summed E-state index contributed by atoms with van der Waals surface area (Å²) >= 11 is 6.21. The van der Waals surface area contributed by atoms with Crippen LogP contribution in [0.15, 0.2) is 48.5 Å². The van der Waals surface area contributed by atoms with E-state index in [1.165, 1.54) is 0 Å². The number of amides is 1. The maximum Gasteiger partial charge on any atom is 0.282 e. The second kappa shape index (κ2) is 7.43. The van der Waals surface area contributed by atoms with Crippen LogP contribution < -0.4 is 10.6 Å². The molecule has 1 amide bonds. The van der Waals surface area contributed by atoms with Gasteiger partial charge in [0.15, 0.2) is 6.04 Å². The number of aryl methyl sites for hydroxylation is 1. The van der Waals surface area contributed by atoms with Crippen molar-refractivity contribution < 1.29 is 10.1 Å². The van der Waals surface area contributed by atoms with Gasteiger partial charge in [0.1, 0.15) is 6.04 Å². The summed E-state index contributed by atoms with van der Waals surface area (Å²) in [5.41, 5.74) is 2.99. The maximum absolute atomic E-state index is 12.3. The van der Waals surface area contributed by atoms with Gasteiger partial charge in [-0.15, -0.1) is 0 Å². The topological polar surface area (TPSA) is 45.7 Å². The molecule has 22 heavy (non-hydrogen) atoms. The Morgan fingerprint density at radius 3 is 2.55 bits per heavy atom. The van der Waals surface area contributed by atoms with E-state index in [4.69, 9.17) is 11.6 Å². The number of carbonyl (C=O) groups is 1. The molecule has 116 valence electrons. The monoisotopic (exact) mass is 317 g/mol. The van der Waals surface area contributed by atoms with Crippen molar-refractivity contribution in [2.45, 2.75) is 32.9 Å². The molecule has 0 bridgehead atoms. The third-order valence-electron chi connectivity index (χ3n) is 3.67. The summed E-state index contributed by atoms with van der Waals surface area (Å²) in [4.78, 5) is 12.3. The van der Waals surface area contributed by atoms with Crippen LogP contribution in [0.3, 0.4) is 0 Å². The fourth-order valence-electron chi connectivity index (χ4n) is 2.45. The van der Waals surface area contributed by atoms with Crippen molar-refractivity contribution in [3.63, 3.8) is 0 Å². The molecule has 0 saturated carbocycles. The Morgan fingerprint density at radius 1 is 1.14 bits per heavy atom. The van der Waals surface area contributed by atoms with E-state index in [0.29, 0.717) is 0 Å². The van der Waals surface area contributed by atoms with E-state index in [1.54, 1.807) is 0 Å². The van der Waals surface area contributed by atoms with Crippen molar-refractivity contribution in [1.29, 1.82) is 0 Å². The minimum atomic E-state index is -0.202. The van der Waals surface area contributed by atoms with Gasteiger partial charge in [-0.3, -0.25) is 4.79 Å². The molecule has 0 fully saturated rings. The lowest BCUT2D eigenvalue weighted by Crippen LogP contribution is -2.91. The number of halogens is 1. The number of benzene rings is 2. The number of rotatable bonds is 5. The molecule has 0 aliphatic carbocycles. The second-order valence-corrected chi connectivity index (χ2v) is 6.06. The van der Waals surface area contributed by atoms with Crippen molar-refractivity contribution in [2.75, 3.05) is 5.32 Å². The smallest absolute Gasteiger partial charge is 0.282 e. The van der Waals surface area contributed by atoms with E-state index < -0.39 is 0 Å². The van der Waals surface area contributed by atoms with E-state index in [2.05, 4.69) is 12.2 Å². The first-order chi connectivity index (χ1) is 10.5. The molecule has 0 saturated heterocycles. The van der Waals surface area contributed by atoms with Crippen molar-refractivity contribution >= 4 is 23.2 Å². The molecule has 0 spiro atoms. The van der Waals surface area contributed by atoms with Crippen molar-refractivity contribution in [3.8, 4) is 0 Å². The lowest BCUT2D eigenvalue weighted by Gasteiger charge is -2.17. The predicted octanol–water partition coefficient (Wildman–Crippen LogP) is 3.30. The van der Waals surface area contributed by atoms with Crippen LogP contribution in [0.25, 0.3) is 0 Å². The molecule has 3 nitrogen and oxygen atoms in total. The van der Waals surface area contributed by atoms with Gasteiger partial charge in [-0.05, 0) is 44.5 Å². The number of carbonyl (C=O) groups excluding carboxylic acids is 1. The fraction of sp³-hybridized carbons (Fsp3) is 0.278. The second-order valence-electron chi connectivity index (χ2n) is 5.65. The first-order valence-corrected chi connectivity index (χ1v) is 7.82. The molecule has 2 rings (SSSR count). The van der Waals surface area contributed by atoms with E-state index in [0.717, 1.165) is 21.8 Å². The minimum Gasteiger partial charge on any atom is -0.330 e. The van der Waals surface area contributed by atoms with Crippen molar-refractivity contribution in [2.24, 2.45) is 0 Å². The molecule has 0 radical (unpaired) electrons. The van der Waals surface area contributed by atoms with Crippen LogP contribution in [0.5, 0.6) is 0 Å². The van der Waals surface area contributed by atoms with Crippen LogP contribution in [-0.2, 0) is 4.79 Å². The average molecular weight is 318 g/mol. The largest absolute Gasteiger partial charge is 0.330 e. The Hall–Kier alpha value is -1.84. The quantitative estimate of drug-likeness (QED) is 0.873. The molecule has 2 aromatic carbocycles. The van der Waals surface area contributed by atoms with Crippen molar-refractivity contribution in [3.05, 3.63) is 64.7 Å². The number of hydrogen-bond acceptors (Lipinski definition) is 1. The molecule has 3 N–H and O–H groups in total. The highest BCUT2D eigenvalue weighted by Crippen LogP contribution is 2.19. The normalized spacial score (nSPS) is 13.5. The summed E-state index contributed by atoms with van der Waals surface area (Å²) in [5.74, 6) is -0.00972. The zero-order valence-corrected chi connectivity index (χ0v) is 13.9.